The van der Waals surface area contributed by atoms with Gasteiger partial charge in [-0.15, -0.1) is 0 Å². The van der Waals surface area contributed by atoms with Crippen LogP contribution in [0.1, 0.15) is 76.1 Å². The van der Waals surface area contributed by atoms with Gasteiger partial charge in [-0.05, 0) is 80.8 Å². The number of aliphatic hydroxyl groups is 1. The zero-order valence-corrected chi connectivity index (χ0v) is 21.4. The zero-order valence-electron chi connectivity index (χ0n) is 21.4. The fraction of sp³-hybridized carbons (Fsp3) is 0.655. The highest BCUT2D eigenvalue weighted by atomic mass is 16.5. The number of esters is 1. The topological polar surface area (TPSA) is 88.3 Å². The standard InChI is InChI=1S/C29H39NO5/c1-18(30-33)29(34-4)25(31)17-24-22-11-10-20-16-21(35-26(32)19-8-6-5-7-9-19)12-14-27(20,2)23(22)13-15-28(24,29)3/h5-10,21-25,31,33H,11-17H2,1-4H3/b30-18-/t21-,22-,23+,24+,25-,27+,28+,29-/m1/s1. The number of nitrogens with zero attached hydrogens (tertiary/aromatic N) is 1. The Balaban J connectivity index is 1.38. The minimum absolute atomic E-state index is 0.0784. The molecule has 6 heteroatoms. The number of hydrogen-bond acceptors (Lipinski definition) is 6. The molecule has 0 heterocycles. The molecule has 3 fully saturated rings. The third-order valence-electron chi connectivity index (χ3n) is 10.5. The van der Waals surface area contributed by atoms with Gasteiger partial charge in [-0.1, -0.05) is 48.9 Å². The Bertz CT molecular complexity index is 1040. The maximum atomic E-state index is 12.6. The van der Waals surface area contributed by atoms with E-state index in [1.54, 1.807) is 26.2 Å². The quantitative estimate of drug-likeness (QED) is 0.198. The van der Waals surface area contributed by atoms with Gasteiger partial charge in [0.25, 0.3) is 0 Å². The minimum atomic E-state index is -0.953. The van der Waals surface area contributed by atoms with E-state index in [0.717, 1.165) is 38.5 Å². The minimum Gasteiger partial charge on any atom is -0.458 e. The van der Waals surface area contributed by atoms with Crippen LogP contribution in [0, 0.1) is 28.6 Å². The van der Waals surface area contributed by atoms with Crippen LogP contribution in [0.25, 0.3) is 0 Å². The van der Waals surface area contributed by atoms with Gasteiger partial charge in [-0.25, -0.2) is 4.79 Å². The molecule has 0 aliphatic heterocycles. The van der Waals surface area contributed by atoms with E-state index in [1.165, 1.54) is 5.57 Å². The van der Waals surface area contributed by atoms with Crippen LogP contribution in [-0.4, -0.2) is 46.9 Å². The van der Waals surface area contributed by atoms with Gasteiger partial charge in [0.2, 0.25) is 0 Å². The van der Waals surface area contributed by atoms with Crippen LogP contribution in [0.15, 0.2) is 47.1 Å². The van der Waals surface area contributed by atoms with Gasteiger partial charge in [0, 0.05) is 18.9 Å². The van der Waals surface area contributed by atoms with Crippen LogP contribution in [0.5, 0.6) is 0 Å². The molecule has 1 aromatic carbocycles. The summed E-state index contributed by atoms with van der Waals surface area (Å²) in [5.41, 5.74) is 1.35. The first-order chi connectivity index (χ1) is 16.7. The van der Waals surface area contributed by atoms with Crippen molar-refractivity contribution in [1.29, 1.82) is 0 Å². The van der Waals surface area contributed by atoms with Gasteiger partial charge < -0.3 is 19.8 Å². The van der Waals surface area contributed by atoms with E-state index >= 15 is 0 Å². The smallest absolute Gasteiger partial charge is 0.338 e. The lowest BCUT2D eigenvalue weighted by Crippen LogP contribution is -2.60. The molecular weight excluding hydrogens is 442 g/mol. The molecule has 8 atom stereocenters. The van der Waals surface area contributed by atoms with Crippen molar-refractivity contribution >= 4 is 11.7 Å². The van der Waals surface area contributed by atoms with E-state index in [4.69, 9.17) is 9.47 Å². The average Bonchev–Trinajstić information content (AvgIpc) is 3.10. The van der Waals surface area contributed by atoms with Crippen LogP contribution < -0.4 is 0 Å². The Morgan fingerprint density at radius 1 is 1.11 bits per heavy atom. The highest BCUT2D eigenvalue weighted by molar-refractivity contribution is 5.92. The Hall–Kier alpha value is -2.18. The summed E-state index contributed by atoms with van der Waals surface area (Å²) in [5.74, 6) is 1.02. The number of benzene rings is 1. The van der Waals surface area contributed by atoms with Crippen molar-refractivity contribution in [2.75, 3.05) is 7.11 Å². The number of allylic oxidation sites excluding steroid dienone is 1. The number of carbonyl (C=O) groups is 1. The third-order valence-corrected chi connectivity index (χ3v) is 10.5. The van der Waals surface area contributed by atoms with Gasteiger partial charge in [0.05, 0.1) is 17.4 Å². The van der Waals surface area contributed by atoms with Crippen LogP contribution in [-0.2, 0) is 9.47 Å². The Kier molecular flexibility index (Phi) is 6.12. The monoisotopic (exact) mass is 481 g/mol. The molecule has 0 saturated heterocycles. The first-order valence-electron chi connectivity index (χ1n) is 13.1. The second-order valence-electron chi connectivity index (χ2n) is 11.7. The first kappa shape index (κ1) is 24.5. The molecule has 6 nitrogen and oxygen atoms in total. The van der Waals surface area contributed by atoms with Crippen molar-refractivity contribution in [3.63, 3.8) is 0 Å². The fourth-order valence-electron chi connectivity index (χ4n) is 8.77. The number of oxime groups is 1. The van der Waals surface area contributed by atoms with Crippen LogP contribution in [0.4, 0.5) is 0 Å². The number of carbonyl (C=O) groups excluding carboxylic acids is 1. The summed E-state index contributed by atoms with van der Waals surface area (Å²) in [7, 11) is 1.63. The molecule has 35 heavy (non-hydrogen) atoms. The van der Waals surface area contributed by atoms with Crippen molar-refractivity contribution in [2.24, 2.45) is 33.7 Å². The highest BCUT2D eigenvalue weighted by Crippen LogP contribution is 2.68. The second-order valence-corrected chi connectivity index (χ2v) is 11.7. The molecule has 0 aromatic heterocycles. The summed E-state index contributed by atoms with van der Waals surface area (Å²) in [6, 6.07) is 9.23. The predicted octanol–water partition coefficient (Wildman–Crippen LogP) is 5.38. The summed E-state index contributed by atoms with van der Waals surface area (Å²) in [6.45, 7) is 6.40. The lowest BCUT2D eigenvalue weighted by atomic mass is 9.46. The molecule has 0 amide bonds. The second kappa shape index (κ2) is 8.74. The Morgan fingerprint density at radius 3 is 2.54 bits per heavy atom. The van der Waals surface area contributed by atoms with Crippen molar-refractivity contribution in [2.45, 2.75) is 83.5 Å². The van der Waals surface area contributed by atoms with E-state index < -0.39 is 11.7 Å². The lowest BCUT2D eigenvalue weighted by Gasteiger charge is -2.59. The van der Waals surface area contributed by atoms with E-state index in [0.29, 0.717) is 29.5 Å². The van der Waals surface area contributed by atoms with Crippen LogP contribution in [0.3, 0.4) is 0 Å². The molecule has 4 aliphatic rings. The molecule has 1 aromatic rings. The number of rotatable bonds is 4. The van der Waals surface area contributed by atoms with Gasteiger partial charge in [0.15, 0.2) is 0 Å². The van der Waals surface area contributed by atoms with Crippen LogP contribution in [0.2, 0.25) is 0 Å². The summed E-state index contributed by atoms with van der Waals surface area (Å²) >= 11 is 0. The normalized spacial score (nSPS) is 42.9. The number of fused-ring (bicyclic) bond motifs is 5. The fourth-order valence-corrected chi connectivity index (χ4v) is 8.77. The predicted molar refractivity (Wildman–Crippen MR) is 133 cm³/mol. The molecule has 4 aliphatic carbocycles. The Labute approximate surface area is 208 Å². The number of methoxy groups -OCH3 is 1. The maximum Gasteiger partial charge on any atom is 0.338 e. The van der Waals surface area contributed by atoms with Crippen LogP contribution >= 0.6 is 0 Å². The number of aliphatic hydroxyl groups excluding tert-OH is 1. The van der Waals surface area contributed by atoms with Gasteiger partial charge >= 0.3 is 5.97 Å². The molecule has 0 radical (unpaired) electrons. The zero-order chi connectivity index (χ0) is 25.0. The van der Waals surface area contributed by atoms with Crippen molar-refractivity contribution in [3.8, 4) is 0 Å². The van der Waals surface area contributed by atoms with E-state index in [2.05, 4.69) is 25.1 Å². The van der Waals surface area contributed by atoms with Crippen molar-refractivity contribution in [1.82, 2.24) is 0 Å². The average molecular weight is 482 g/mol. The SMILES string of the molecule is CO[C@]1(/C(C)=N\O)[C@H](O)C[C@H]2[C@@H]3CC=C4C[C@H](OC(=O)c5ccccc5)CC[C@]4(C)[C@H]3CC[C@@]21C. The highest BCUT2D eigenvalue weighted by Gasteiger charge is 2.69. The first-order valence-corrected chi connectivity index (χ1v) is 13.1. The summed E-state index contributed by atoms with van der Waals surface area (Å²) in [4.78, 5) is 12.6. The van der Waals surface area contributed by atoms with E-state index in [1.807, 2.05) is 18.2 Å². The molecule has 0 unspecified atom stereocenters. The molecule has 0 spiro atoms. The van der Waals surface area contributed by atoms with E-state index in [9.17, 15) is 15.1 Å². The summed E-state index contributed by atoms with van der Waals surface area (Å²) in [5, 5.41) is 24.4. The van der Waals surface area contributed by atoms with Gasteiger partial charge in [-0.2, -0.15) is 0 Å². The van der Waals surface area contributed by atoms with Crippen molar-refractivity contribution in [3.05, 3.63) is 47.5 Å². The number of hydrogen-bond donors (Lipinski definition) is 2. The largest absolute Gasteiger partial charge is 0.458 e. The maximum absolute atomic E-state index is 12.6. The van der Waals surface area contributed by atoms with E-state index in [-0.39, 0.29) is 28.8 Å². The molecule has 3 saturated carbocycles. The lowest BCUT2D eigenvalue weighted by molar-refractivity contribution is -0.131. The third kappa shape index (κ3) is 3.43. The molecule has 2 N–H and O–H groups in total. The Morgan fingerprint density at radius 2 is 1.86 bits per heavy atom. The molecule has 0 bridgehead atoms. The molecule has 5 rings (SSSR count). The summed E-state index contributed by atoms with van der Waals surface area (Å²) < 4.78 is 12.0. The van der Waals surface area contributed by atoms with Gasteiger partial charge in [-0.3, -0.25) is 0 Å². The molecular formula is C29H39NO5. The summed E-state index contributed by atoms with van der Waals surface area (Å²) in [6.07, 6.45) is 7.93. The van der Waals surface area contributed by atoms with Gasteiger partial charge in [0.1, 0.15) is 11.7 Å². The number of ether oxygens (including phenoxy) is 2. The van der Waals surface area contributed by atoms with Crippen molar-refractivity contribution < 1.29 is 24.6 Å². The molecule has 190 valence electrons.